The molecule has 3 heteroatoms. The first-order valence-electron chi connectivity index (χ1n) is 7.07. The lowest BCUT2D eigenvalue weighted by atomic mass is 10.0. The number of imidazole rings is 1. The number of hydrogen-bond acceptors (Lipinski definition) is 2. The highest BCUT2D eigenvalue weighted by Gasteiger charge is 2.17. The molecule has 2 aromatic rings. The SMILES string of the molecule is CCCn1ccnc1C(NCC)c1cccc(C)c1. The first kappa shape index (κ1) is 13.8. The molecule has 1 unspecified atom stereocenters. The maximum atomic E-state index is 4.56. The standard InChI is InChI=1S/C16H23N3/c1-4-10-19-11-9-18-16(19)15(17-5-2)14-8-6-7-13(3)12-14/h6-9,11-12,15,17H,4-5,10H2,1-3H3. The Kier molecular flexibility index (Phi) is 4.74. The molecule has 2 rings (SSSR count). The van der Waals surface area contributed by atoms with E-state index in [-0.39, 0.29) is 6.04 Å². The molecular formula is C16H23N3. The fourth-order valence-corrected chi connectivity index (χ4v) is 2.42. The van der Waals surface area contributed by atoms with Crippen molar-refractivity contribution in [2.45, 2.75) is 39.8 Å². The lowest BCUT2D eigenvalue weighted by Gasteiger charge is -2.20. The van der Waals surface area contributed by atoms with Crippen LogP contribution in [0.3, 0.4) is 0 Å². The lowest BCUT2D eigenvalue weighted by molar-refractivity contribution is 0.544. The van der Waals surface area contributed by atoms with Gasteiger partial charge in [0.1, 0.15) is 5.82 Å². The molecule has 19 heavy (non-hydrogen) atoms. The molecule has 1 aromatic heterocycles. The first-order valence-corrected chi connectivity index (χ1v) is 7.07. The number of aromatic nitrogens is 2. The van der Waals surface area contributed by atoms with Crippen LogP contribution in [0.2, 0.25) is 0 Å². The third kappa shape index (κ3) is 3.24. The summed E-state index contributed by atoms with van der Waals surface area (Å²) in [6, 6.07) is 8.82. The van der Waals surface area contributed by atoms with Gasteiger partial charge in [0, 0.05) is 18.9 Å². The smallest absolute Gasteiger partial charge is 0.130 e. The van der Waals surface area contributed by atoms with Gasteiger partial charge < -0.3 is 9.88 Å². The van der Waals surface area contributed by atoms with Crippen LogP contribution in [0.15, 0.2) is 36.7 Å². The Morgan fingerprint density at radius 3 is 2.84 bits per heavy atom. The summed E-state index contributed by atoms with van der Waals surface area (Å²) in [6.07, 6.45) is 5.08. The number of nitrogens with one attached hydrogen (secondary N) is 1. The van der Waals surface area contributed by atoms with Crippen molar-refractivity contribution in [3.8, 4) is 0 Å². The Balaban J connectivity index is 2.36. The van der Waals surface area contributed by atoms with E-state index in [1.54, 1.807) is 0 Å². The van der Waals surface area contributed by atoms with Gasteiger partial charge in [-0.15, -0.1) is 0 Å². The summed E-state index contributed by atoms with van der Waals surface area (Å²) in [7, 11) is 0. The number of aryl methyl sites for hydroxylation is 2. The Labute approximate surface area is 115 Å². The predicted molar refractivity (Wildman–Crippen MR) is 79.2 cm³/mol. The number of hydrogen-bond donors (Lipinski definition) is 1. The van der Waals surface area contributed by atoms with Crippen LogP contribution in [-0.4, -0.2) is 16.1 Å². The summed E-state index contributed by atoms with van der Waals surface area (Å²) in [5, 5.41) is 3.54. The third-order valence-corrected chi connectivity index (χ3v) is 3.25. The van der Waals surface area contributed by atoms with Gasteiger partial charge in [0.15, 0.2) is 0 Å². The van der Waals surface area contributed by atoms with Gasteiger partial charge in [-0.25, -0.2) is 4.98 Å². The van der Waals surface area contributed by atoms with Gasteiger partial charge >= 0.3 is 0 Å². The van der Waals surface area contributed by atoms with Crippen molar-refractivity contribution in [3.05, 3.63) is 53.6 Å². The molecule has 3 nitrogen and oxygen atoms in total. The summed E-state index contributed by atoms with van der Waals surface area (Å²) in [4.78, 5) is 4.56. The highest BCUT2D eigenvalue weighted by atomic mass is 15.1. The van der Waals surface area contributed by atoms with E-state index >= 15 is 0 Å². The maximum Gasteiger partial charge on any atom is 0.130 e. The molecule has 0 aliphatic rings. The van der Waals surface area contributed by atoms with E-state index in [1.165, 1.54) is 11.1 Å². The highest BCUT2D eigenvalue weighted by molar-refractivity contribution is 5.29. The predicted octanol–water partition coefficient (Wildman–Crippen LogP) is 3.30. The van der Waals surface area contributed by atoms with Gasteiger partial charge in [0.25, 0.3) is 0 Å². The molecule has 1 heterocycles. The van der Waals surface area contributed by atoms with Gasteiger partial charge in [0.05, 0.1) is 6.04 Å². The molecule has 0 saturated heterocycles. The Morgan fingerprint density at radius 2 is 2.16 bits per heavy atom. The van der Waals surface area contributed by atoms with Crippen molar-refractivity contribution < 1.29 is 0 Å². The van der Waals surface area contributed by atoms with Crippen molar-refractivity contribution >= 4 is 0 Å². The molecule has 0 aliphatic heterocycles. The molecule has 0 spiro atoms. The van der Waals surface area contributed by atoms with Crippen molar-refractivity contribution in [1.29, 1.82) is 0 Å². The average Bonchev–Trinajstić information content (AvgIpc) is 2.84. The van der Waals surface area contributed by atoms with E-state index in [0.29, 0.717) is 0 Å². The minimum atomic E-state index is 0.173. The van der Waals surface area contributed by atoms with E-state index in [0.717, 1.165) is 25.3 Å². The first-order chi connectivity index (χ1) is 9.26. The average molecular weight is 257 g/mol. The fraction of sp³-hybridized carbons (Fsp3) is 0.438. The molecule has 0 amide bonds. The van der Waals surface area contributed by atoms with Crippen molar-refractivity contribution in [2.75, 3.05) is 6.54 Å². The van der Waals surface area contributed by atoms with Crippen LogP contribution in [-0.2, 0) is 6.54 Å². The van der Waals surface area contributed by atoms with E-state index in [1.807, 2.05) is 6.20 Å². The van der Waals surface area contributed by atoms with Crippen molar-refractivity contribution in [3.63, 3.8) is 0 Å². The second-order valence-electron chi connectivity index (χ2n) is 4.88. The van der Waals surface area contributed by atoms with Gasteiger partial charge in [-0.3, -0.25) is 0 Å². The van der Waals surface area contributed by atoms with Crippen LogP contribution in [0, 0.1) is 6.92 Å². The van der Waals surface area contributed by atoms with Crippen molar-refractivity contribution in [2.24, 2.45) is 0 Å². The van der Waals surface area contributed by atoms with Crippen LogP contribution in [0.4, 0.5) is 0 Å². The Hall–Kier alpha value is -1.61. The highest BCUT2D eigenvalue weighted by Crippen LogP contribution is 2.21. The molecule has 1 aromatic carbocycles. The van der Waals surface area contributed by atoms with E-state index < -0.39 is 0 Å². The lowest BCUT2D eigenvalue weighted by Crippen LogP contribution is -2.25. The quantitative estimate of drug-likeness (QED) is 0.860. The molecule has 1 N–H and O–H groups in total. The molecule has 0 bridgehead atoms. The number of nitrogens with zero attached hydrogens (tertiary/aromatic N) is 2. The monoisotopic (exact) mass is 257 g/mol. The van der Waals surface area contributed by atoms with Crippen LogP contribution in [0.25, 0.3) is 0 Å². The number of rotatable bonds is 6. The van der Waals surface area contributed by atoms with Crippen LogP contribution in [0.5, 0.6) is 0 Å². The fourth-order valence-electron chi connectivity index (χ4n) is 2.42. The zero-order valence-corrected chi connectivity index (χ0v) is 12.1. The molecule has 0 radical (unpaired) electrons. The third-order valence-electron chi connectivity index (χ3n) is 3.25. The zero-order chi connectivity index (χ0) is 13.7. The molecule has 0 fully saturated rings. The normalized spacial score (nSPS) is 12.6. The molecule has 0 aliphatic carbocycles. The minimum Gasteiger partial charge on any atom is -0.333 e. The summed E-state index contributed by atoms with van der Waals surface area (Å²) in [6.45, 7) is 8.40. The van der Waals surface area contributed by atoms with Crippen LogP contribution < -0.4 is 5.32 Å². The Morgan fingerprint density at radius 1 is 1.32 bits per heavy atom. The van der Waals surface area contributed by atoms with Crippen LogP contribution >= 0.6 is 0 Å². The molecule has 102 valence electrons. The summed E-state index contributed by atoms with van der Waals surface area (Å²) in [5.41, 5.74) is 2.57. The van der Waals surface area contributed by atoms with E-state index in [9.17, 15) is 0 Å². The molecular weight excluding hydrogens is 234 g/mol. The molecule has 0 saturated carbocycles. The van der Waals surface area contributed by atoms with Crippen LogP contribution in [0.1, 0.15) is 43.3 Å². The Bertz CT molecular complexity index is 516. The zero-order valence-electron chi connectivity index (χ0n) is 12.1. The van der Waals surface area contributed by atoms with Gasteiger partial charge in [-0.05, 0) is 25.5 Å². The van der Waals surface area contributed by atoms with E-state index in [2.05, 4.69) is 66.1 Å². The van der Waals surface area contributed by atoms with Gasteiger partial charge in [-0.2, -0.15) is 0 Å². The minimum absolute atomic E-state index is 0.173. The maximum absolute atomic E-state index is 4.56. The van der Waals surface area contributed by atoms with Crippen molar-refractivity contribution in [1.82, 2.24) is 14.9 Å². The number of benzene rings is 1. The molecule has 1 atom stereocenters. The van der Waals surface area contributed by atoms with Gasteiger partial charge in [-0.1, -0.05) is 43.7 Å². The second kappa shape index (κ2) is 6.53. The second-order valence-corrected chi connectivity index (χ2v) is 4.88. The largest absolute Gasteiger partial charge is 0.333 e. The summed E-state index contributed by atoms with van der Waals surface area (Å²) in [5.74, 6) is 1.11. The van der Waals surface area contributed by atoms with Gasteiger partial charge in [0.2, 0.25) is 0 Å². The van der Waals surface area contributed by atoms with E-state index in [4.69, 9.17) is 0 Å². The summed E-state index contributed by atoms with van der Waals surface area (Å²) < 4.78 is 2.25. The topological polar surface area (TPSA) is 29.9 Å². The summed E-state index contributed by atoms with van der Waals surface area (Å²) >= 11 is 0.